The Morgan fingerprint density at radius 3 is 2.38 bits per heavy atom. The molecule has 0 fully saturated rings. The molecule has 200 valence electrons. The first kappa shape index (κ1) is 26.5. The van der Waals surface area contributed by atoms with Crippen LogP contribution in [0.4, 0.5) is 10.5 Å². The van der Waals surface area contributed by atoms with Gasteiger partial charge in [0, 0.05) is 16.1 Å². The molecule has 5 rings (SSSR count). The molecule has 39 heavy (non-hydrogen) atoms. The Morgan fingerprint density at radius 2 is 1.69 bits per heavy atom. The lowest BCUT2D eigenvalue weighted by molar-refractivity contribution is -0.136. The quantitative estimate of drug-likeness (QED) is 0.246. The lowest BCUT2D eigenvalue weighted by atomic mass is 9.82. The van der Waals surface area contributed by atoms with Crippen LogP contribution in [0.3, 0.4) is 0 Å². The van der Waals surface area contributed by atoms with Crippen LogP contribution in [0.25, 0.3) is 22.5 Å². The van der Waals surface area contributed by atoms with Gasteiger partial charge in [0.05, 0.1) is 6.42 Å². The Morgan fingerprint density at radius 1 is 1.03 bits per heavy atom. The molecule has 0 saturated carbocycles. The summed E-state index contributed by atoms with van der Waals surface area (Å²) in [6, 6.07) is 19.0. The minimum atomic E-state index is -0.849. The van der Waals surface area contributed by atoms with Gasteiger partial charge >= 0.3 is 12.1 Å². The third kappa shape index (κ3) is 5.68. The van der Waals surface area contributed by atoms with Gasteiger partial charge in [0.15, 0.2) is 5.76 Å². The van der Waals surface area contributed by atoms with Crippen LogP contribution < -0.4 is 5.32 Å². The Hall–Kier alpha value is -4.10. The molecular formula is C31H29ClN2O5. The number of anilines is 1. The molecule has 1 atom stereocenters. The van der Waals surface area contributed by atoms with Crippen molar-refractivity contribution < 1.29 is 24.0 Å². The van der Waals surface area contributed by atoms with Gasteiger partial charge < -0.3 is 14.4 Å². The summed E-state index contributed by atoms with van der Waals surface area (Å²) in [4.78, 5) is 23.9. The SMILES string of the molecule is Cc1noc(-c2ccc(-c3ccc(CC(=O)O)cc3)c3c2CCCC3)c1NC(=O)OC(C)c1ccccc1Cl. The average molecular weight is 545 g/mol. The highest BCUT2D eigenvalue weighted by atomic mass is 35.5. The van der Waals surface area contributed by atoms with Gasteiger partial charge in [-0.15, -0.1) is 0 Å². The maximum absolute atomic E-state index is 12.9. The molecule has 0 spiro atoms. The van der Waals surface area contributed by atoms with Crippen molar-refractivity contribution in [2.24, 2.45) is 0 Å². The van der Waals surface area contributed by atoms with Crippen LogP contribution in [0.2, 0.25) is 5.02 Å². The molecule has 0 saturated heterocycles. The number of hydrogen-bond acceptors (Lipinski definition) is 5. The van der Waals surface area contributed by atoms with Crippen molar-refractivity contribution in [2.45, 2.75) is 52.1 Å². The molecular weight excluding hydrogens is 516 g/mol. The lowest BCUT2D eigenvalue weighted by Gasteiger charge is -2.23. The van der Waals surface area contributed by atoms with E-state index in [1.807, 2.05) is 48.5 Å². The smallest absolute Gasteiger partial charge is 0.412 e. The molecule has 7 nitrogen and oxygen atoms in total. The van der Waals surface area contributed by atoms with Crippen LogP contribution in [-0.4, -0.2) is 22.3 Å². The second-order valence-corrected chi connectivity index (χ2v) is 10.2. The van der Waals surface area contributed by atoms with Crippen LogP contribution in [0.1, 0.15) is 53.8 Å². The van der Waals surface area contributed by atoms with Gasteiger partial charge in [-0.2, -0.15) is 0 Å². The number of halogens is 1. The van der Waals surface area contributed by atoms with E-state index in [9.17, 15) is 9.59 Å². The number of aryl methyl sites for hydroxylation is 1. The van der Waals surface area contributed by atoms with Gasteiger partial charge in [-0.25, -0.2) is 4.79 Å². The summed E-state index contributed by atoms with van der Waals surface area (Å²) >= 11 is 6.27. The number of carboxylic acids is 1. The molecule has 8 heteroatoms. The van der Waals surface area contributed by atoms with E-state index < -0.39 is 18.2 Å². The number of nitrogens with zero attached hydrogens (tertiary/aromatic N) is 1. The summed E-state index contributed by atoms with van der Waals surface area (Å²) in [5.74, 6) is -0.352. The number of rotatable bonds is 7. The maximum Gasteiger partial charge on any atom is 0.412 e. The van der Waals surface area contributed by atoms with Crippen molar-refractivity contribution in [1.82, 2.24) is 5.16 Å². The fourth-order valence-electron chi connectivity index (χ4n) is 5.19. The first-order chi connectivity index (χ1) is 18.8. The van der Waals surface area contributed by atoms with E-state index in [-0.39, 0.29) is 6.42 Å². The van der Waals surface area contributed by atoms with Crippen LogP contribution in [0, 0.1) is 6.92 Å². The predicted molar refractivity (Wildman–Crippen MR) is 150 cm³/mol. The van der Waals surface area contributed by atoms with E-state index in [1.165, 1.54) is 11.1 Å². The normalized spacial score (nSPS) is 13.4. The summed E-state index contributed by atoms with van der Waals surface area (Å²) in [6.45, 7) is 3.55. The van der Waals surface area contributed by atoms with Gasteiger partial charge in [0.1, 0.15) is 17.5 Å². The third-order valence-electron chi connectivity index (χ3n) is 7.12. The minimum Gasteiger partial charge on any atom is -0.481 e. The average Bonchev–Trinajstić information content (AvgIpc) is 3.27. The summed E-state index contributed by atoms with van der Waals surface area (Å²) in [6.07, 6.45) is 2.75. The van der Waals surface area contributed by atoms with E-state index >= 15 is 0 Å². The van der Waals surface area contributed by atoms with Crippen molar-refractivity contribution in [3.8, 4) is 22.5 Å². The van der Waals surface area contributed by atoms with Crippen LogP contribution in [0.5, 0.6) is 0 Å². The Kier molecular flexibility index (Phi) is 7.70. The minimum absolute atomic E-state index is 0.00243. The number of benzene rings is 3. The Balaban J connectivity index is 1.44. The molecule has 1 aliphatic carbocycles. The van der Waals surface area contributed by atoms with Crippen LogP contribution in [0.15, 0.2) is 65.2 Å². The second-order valence-electron chi connectivity index (χ2n) is 9.76. The van der Waals surface area contributed by atoms with E-state index in [0.29, 0.717) is 22.2 Å². The number of hydrogen-bond donors (Lipinski definition) is 2. The number of ether oxygens (including phenoxy) is 1. The monoisotopic (exact) mass is 544 g/mol. The first-order valence-electron chi connectivity index (χ1n) is 13.0. The largest absolute Gasteiger partial charge is 0.481 e. The van der Waals surface area contributed by atoms with Crippen molar-refractivity contribution in [3.63, 3.8) is 0 Å². The maximum atomic E-state index is 12.9. The van der Waals surface area contributed by atoms with E-state index in [4.69, 9.17) is 26.0 Å². The van der Waals surface area contributed by atoms with Gasteiger partial charge in [-0.1, -0.05) is 71.4 Å². The molecule has 1 amide bonds. The van der Waals surface area contributed by atoms with Gasteiger partial charge in [-0.05, 0) is 73.4 Å². The van der Waals surface area contributed by atoms with Crippen molar-refractivity contribution in [1.29, 1.82) is 0 Å². The van der Waals surface area contributed by atoms with Crippen LogP contribution in [-0.2, 0) is 28.8 Å². The Labute approximate surface area is 231 Å². The fourth-order valence-corrected chi connectivity index (χ4v) is 5.48. The van der Waals surface area contributed by atoms with Crippen LogP contribution >= 0.6 is 11.6 Å². The van der Waals surface area contributed by atoms with Gasteiger partial charge in [0.25, 0.3) is 0 Å². The molecule has 3 aromatic carbocycles. The molecule has 1 unspecified atom stereocenters. The number of carboxylic acid groups (broad SMARTS) is 1. The molecule has 1 aliphatic rings. The van der Waals surface area contributed by atoms with E-state index in [1.54, 1.807) is 19.9 Å². The zero-order chi connectivity index (χ0) is 27.5. The van der Waals surface area contributed by atoms with Crippen molar-refractivity contribution in [2.75, 3.05) is 5.32 Å². The predicted octanol–water partition coefficient (Wildman–Crippen LogP) is 7.79. The molecule has 1 heterocycles. The molecule has 0 radical (unpaired) electrons. The second kappa shape index (κ2) is 11.3. The number of fused-ring (bicyclic) bond motifs is 1. The summed E-state index contributed by atoms with van der Waals surface area (Å²) < 4.78 is 11.4. The highest BCUT2D eigenvalue weighted by Crippen LogP contribution is 2.41. The number of carbonyl (C=O) groups is 2. The standard InChI is InChI=1S/C31H29ClN2O5/c1-18-29(33-31(37)38-19(2)22-7-5-6-10-27(22)32)30(39-34-18)26-16-15-23(24-8-3-4-9-25(24)26)21-13-11-20(12-14-21)17-28(35)36/h5-7,10-16,19H,3-4,8-9,17H2,1-2H3,(H,33,37)(H,35,36). The zero-order valence-corrected chi connectivity index (χ0v) is 22.5. The summed E-state index contributed by atoms with van der Waals surface area (Å²) in [5.41, 5.74) is 7.97. The van der Waals surface area contributed by atoms with E-state index in [0.717, 1.165) is 53.5 Å². The lowest BCUT2D eigenvalue weighted by Crippen LogP contribution is -2.17. The number of amides is 1. The van der Waals surface area contributed by atoms with E-state index in [2.05, 4.69) is 16.5 Å². The van der Waals surface area contributed by atoms with Gasteiger partial charge in [0.2, 0.25) is 0 Å². The molecule has 0 aliphatic heterocycles. The number of aromatic nitrogens is 1. The highest BCUT2D eigenvalue weighted by molar-refractivity contribution is 6.31. The molecule has 0 bridgehead atoms. The Bertz CT molecular complexity index is 1530. The summed E-state index contributed by atoms with van der Waals surface area (Å²) in [5, 5.41) is 16.6. The van der Waals surface area contributed by atoms with Crippen molar-refractivity contribution in [3.05, 3.63) is 93.6 Å². The molecule has 2 N–H and O–H groups in total. The topological polar surface area (TPSA) is 102 Å². The summed E-state index contributed by atoms with van der Waals surface area (Å²) in [7, 11) is 0. The van der Waals surface area contributed by atoms with Crippen molar-refractivity contribution >= 4 is 29.4 Å². The first-order valence-corrected chi connectivity index (χ1v) is 13.3. The highest BCUT2D eigenvalue weighted by Gasteiger charge is 2.25. The number of carbonyl (C=O) groups excluding carboxylic acids is 1. The fraction of sp³-hybridized carbons (Fsp3) is 0.258. The molecule has 1 aromatic heterocycles. The van der Waals surface area contributed by atoms with Gasteiger partial charge in [-0.3, -0.25) is 10.1 Å². The number of nitrogens with one attached hydrogen (secondary N) is 1. The molecule has 4 aromatic rings. The third-order valence-corrected chi connectivity index (χ3v) is 7.46. The zero-order valence-electron chi connectivity index (χ0n) is 21.8. The number of aliphatic carboxylic acids is 1.